The topological polar surface area (TPSA) is 126 Å². The van der Waals surface area contributed by atoms with Crippen LogP contribution in [0.3, 0.4) is 0 Å². The minimum absolute atomic E-state index is 0.00520. The first-order valence-corrected chi connectivity index (χ1v) is 6.08. The molecule has 2 rings (SSSR count). The monoisotopic (exact) mass is 286 g/mol. The summed E-state index contributed by atoms with van der Waals surface area (Å²) < 4.78 is 0. The number of nitrogens with zero attached hydrogens (tertiary/aromatic N) is 2. The van der Waals surface area contributed by atoms with E-state index in [9.17, 15) is 9.59 Å². The lowest BCUT2D eigenvalue weighted by atomic mass is 10.2. The molecule has 0 aliphatic rings. The molecule has 0 radical (unpaired) electrons. The molecule has 0 atom stereocenters. The van der Waals surface area contributed by atoms with Gasteiger partial charge in [-0.2, -0.15) is 4.98 Å². The van der Waals surface area contributed by atoms with Crippen LogP contribution in [0.4, 0.5) is 11.6 Å². The molecule has 8 heteroatoms. The van der Waals surface area contributed by atoms with E-state index in [1.165, 1.54) is 0 Å². The van der Waals surface area contributed by atoms with Crippen LogP contribution in [-0.2, 0) is 0 Å². The molecule has 1 heterocycles. The van der Waals surface area contributed by atoms with Gasteiger partial charge in [0, 0.05) is 17.8 Å². The fourth-order valence-corrected chi connectivity index (χ4v) is 1.54. The molecule has 108 valence electrons. The van der Waals surface area contributed by atoms with Gasteiger partial charge in [-0.3, -0.25) is 14.7 Å². The second-order valence-electron chi connectivity index (χ2n) is 4.07. The number of H-pyrrole nitrogens is 1. The molecule has 0 saturated carbocycles. The average Bonchev–Trinajstić information content (AvgIpc) is 2.92. The summed E-state index contributed by atoms with van der Waals surface area (Å²) in [4.78, 5) is 27.2. The van der Waals surface area contributed by atoms with Crippen molar-refractivity contribution in [3.63, 3.8) is 0 Å². The highest BCUT2D eigenvalue weighted by molar-refractivity contribution is 6.02. The summed E-state index contributed by atoms with van der Waals surface area (Å²) >= 11 is 0. The van der Waals surface area contributed by atoms with Gasteiger partial charge in [-0.05, 0) is 24.3 Å². The van der Waals surface area contributed by atoms with Crippen molar-refractivity contribution in [1.82, 2.24) is 20.5 Å². The van der Waals surface area contributed by atoms with Crippen molar-refractivity contribution >= 4 is 23.5 Å². The first-order chi connectivity index (χ1) is 10.1. The Morgan fingerprint density at radius 2 is 2.00 bits per heavy atom. The summed E-state index contributed by atoms with van der Waals surface area (Å²) in [5.74, 6) is -0.673. The SMILES string of the molecule is C=CCNC(=O)c1ccc(NC(=O)c2nc(N)n[nH]2)cc1. The third-order valence-corrected chi connectivity index (χ3v) is 2.53. The highest BCUT2D eigenvalue weighted by atomic mass is 16.2. The smallest absolute Gasteiger partial charge is 0.293 e. The number of hydrogen-bond acceptors (Lipinski definition) is 5. The van der Waals surface area contributed by atoms with E-state index in [0.717, 1.165) is 0 Å². The number of aromatic amines is 1. The van der Waals surface area contributed by atoms with Crippen LogP contribution in [0, 0.1) is 0 Å². The van der Waals surface area contributed by atoms with Crippen LogP contribution in [0.1, 0.15) is 21.0 Å². The molecule has 2 aromatic rings. The zero-order valence-electron chi connectivity index (χ0n) is 11.1. The molecule has 5 N–H and O–H groups in total. The second-order valence-corrected chi connectivity index (χ2v) is 4.07. The Morgan fingerprint density at radius 3 is 2.57 bits per heavy atom. The van der Waals surface area contributed by atoms with Crippen molar-refractivity contribution in [1.29, 1.82) is 0 Å². The normalized spacial score (nSPS) is 9.90. The van der Waals surface area contributed by atoms with Crippen LogP contribution in [0.5, 0.6) is 0 Å². The Kier molecular flexibility index (Phi) is 4.30. The van der Waals surface area contributed by atoms with Crippen LogP contribution in [-0.4, -0.2) is 33.5 Å². The van der Waals surface area contributed by atoms with Crippen molar-refractivity contribution in [3.05, 3.63) is 48.3 Å². The van der Waals surface area contributed by atoms with E-state index in [4.69, 9.17) is 5.73 Å². The summed E-state index contributed by atoms with van der Waals surface area (Å²) in [6.07, 6.45) is 1.59. The van der Waals surface area contributed by atoms with Gasteiger partial charge in [0.1, 0.15) is 0 Å². The number of rotatable bonds is 5. The van der Waals surface area contributed by atoms with Gasteiger partial charge >= 0.3 is 0 Å². The van der Waals surface area contributed by atoms with E-state index in [0.29, 0.717) is 17.8 Å². The fourth-order valence-electron chi connectivity index (χ4n) is 1.54. The number of amides is 2. The molecule has 1 aromatic heterocycles. The van der Waals surface area contributed by atoms with Gasteiger partial charge in [0.25, 0.3) is 11.8 Å². The molecule has 0 aliphatic carbocycles. The molecular formula is C13H14N6O2. The molecule has 2 amide bonds. The number of nitrogen functional groups attached to an aromatic ring is 1. The van der Waals surface area contributed by atoms with E-state index in [-0.39, 0.29) is 17.7 Å². The largest absolute Gasteiger partial charge is 0.366 e. The summed E-state index contributed by atoms with van der Waals surface area (Å²) in [6.45, 7) is 3.91. The lowest BCUT2D eigenvalue weighted by molar-refractivity contribution is 0.0957. The molecule has 0 bridgehead atoms. The van der Waals surface area contributed by atoms with Gasteiger partial charge in [0.05, 0.1) is 0 Å². The molecule has 0 fully saturated rings. The number of nitrogens with one attached hydrogen (secondary N) is 3. The first kappa shape index (κ1) is 14.3. The Bertz CT molecular complexity index is 662. The van der Waals surface area contributed by atoms with Crippen LogP contribution in [0.2, 0.25) is 0 Å². The van der Waals surface area contributed by atoms with Crippen LogP contribution in [0.15, 0.2) is 36.9 Å². The Hall–Kier alpha value is -3.16. The maximum Gasteiger partial charge on any atom is 0.293 e. The average molecular weight is 286 g/mol. The maximum atomic E-state index is 11.8. The van der Waals surface area contributed by atoms with Crippen LogP contribution in [0.25, 0.3) is 0 Å². The molecule has 0 saturated heterocycles. The predicted octanol–water partition coefficient (Wildman–Crippen LogP) is 0.555. The van der Waals surface area contributed by atoms with Crippen molar-refractivity contribution in [3.8, 4) is 0 Å². The van der Waals surface area contributed by atoms with E-state index in [1.807, 2.05) is 0 Å². The first-order valence-electron chi connectivity index (χ1n) is 6.08. The number of nitrogens with two attached hydrogens (primary N) is 1. The lowest BCUT2D eigenvalue weighted by Crippen LogP contribution is -2.23. The van der Waals surface area contributed by atoms with Crippen molar-refractivity contribution < 1.29 is 9.59 Å². The summed E-state index contributed by atoms with van der Waals surface area (Å²) in [5.41, 5.74) is 6.33. The molecule has 8 nitrogen and oxygen atoms in total. The maximum absolute atomic E-state index is 11.8. The van der Waals surface area contributed by atoms with Gasteiger partial charge in [0.15, 0.2) is 0 Å². The number of aromatic nitrogens is 3. The minimum Gasteiger partial charge on any atom is -0.366 e. The zero-order valence-corrected chi connectivity index (χ0v) is 11.1. The number of anilines is 2. The fraction of sp³-hybridized carbons (Fsp3) is 0.0769. The predicted molar refractivity (Wildman–Crippen MR) is 77.7 cm³/mol. The standard InChI is InChI=1S/C13H14N6O2/c1-2-7-15-11(20)8-3-5-9(6-4-8)16-12(21)10-17-13(14)19-18-10/h2-6H,1,7H2,(H,15,20)(H,16,21)(H3,14,17,18,19). The molecule has 0 aliphatic heterocycles. The minimum atomic E-state index is -0.469. The summed E-state index contributed by atoms with van der Waals surface area (Å²) in [6, 6.07) is 6.42. The number of benzene rings is 1. The quantitative estimate of drug-likeness (QED) is 0.597. The molecular weight excluding hydrogens is 272 g/mol. The van der Waals surface area contributed by atoms with Gasteiger partial charge in [0.2, 0.25) is 11.8 Å². The highest BCUT2D eigenvalue weighted by Crippen LogP contribution is 2.10. The van der Waals surface area contributed by atoms with E-state index in [1.54, 1.807) is 30.3 Å². The third kappa shape index (κ3) is 3.66. The van der Waals surface area contributed by atoms with Gasteiger partial charge in [-0.1, -0.05) is 6.08 Å². The third-order valence-electron chi connectivity index (χ3n) is 2.53. The molecule has 21 heavy (non-hydrogen) atoms. The Labute approximate surface area is 120 Å². The Morgan fingerprint density at radius 1 is 1.29 bits per heavy atom. The summed E-state index contributed by atoms with van der Waals surface area (Å²) in [5, 5.41) is 11.2. The summed E-state index contributed by atoms with van der Waals surface area (Å²) in [7, 11) is 0. The van der Waals surface area contributed by atoms with Gasteiger partial charge < -0.3 is 16.4 Å². The van der Waals surface area contributed by atoms with Crippen molar-refractivity contribution in [2.75, 3.05) is 17.6 Å². The molecule has 1 aromatic carbocycles. The highest BCUT2D eigenvalue weighted by Gasteiger charge is 2.11. The molecule has 0 spiro atoms. The Balaban J connectivity index is 2.00. The number of hydrogen-bond donors (Lipinski definition) is 4. The number of carbonyl (C=O) groups is 2. The van der Waals surface area contributed by atoms with Crippen LogP contribution >= 0.6 is 0 Å². The second kappa shape index (κ2) is 6.33. The van der Waals surface area contributed by atoms with Gasteiger partial charge in [-0.15, -0.1) is 11.7 Å². The van der Waals surface area contributed by atoms with Gasteiger partial charge in [-0.25, -0.2) is 0 Å². The van der Waals surface area contributed by atoms with E-state index >= 15 is 0 Å². The zero-order chi connectivity index (χ0) is 15.2. The van der Waals surface area contributed by atoms with Crippen molar-refractivity contribution in [2.24, 2.45) is 0 Å². The van der Waals surface area contributed by atoms with Crippen LogP contribution < -0.4 is 16.4 Å². The van der Waals surface area contributed by atoms with E-state index in [2.05, 4.69) is 32.4 Å². The lowest BCUT2D eigenvalue weighted by Gasteiger charge is -2.05. The number of carbonyl (C=O) groups excluding carboxylic acids is 2. The van der Waals surface area contributed by atoms with E-state index < -0.39 is 5.91 Å². The molecule has 0 unspecified atom stereocenters. The van der Waals surface area contributed by atoms with Crippen molar-refractivity contribution in [2.45, 2.75) is 0 Å².